The minimum atomic E-state index is -2.86. The lowest BCUT2D eigenvalue weighted by Crippen LogP contribution is -2.13. The SMILES string of the molecule is O=C(Nc1ccccc1Sc1ccccc1)c1cnn2c(C(F)F)cc(-c3ccc(F)cc3)nc12. The van der Waals surface area contributed by atoms with Crippen molar-refractivity contribution in [2.24, 2.45) is 0 Å². The van der Waals surface area contributed by atoms with Crippen LogP contribution in [-0.2, 0) is 0 Å². The second-order valence-corrected chi connectivity index (χ2v) is 8.65. The average molecular weight is 491 g/mol. The van der Waals surface area contributed by atoms with Crippen molar-refractivity contribution in [3.8, 4) is 11.3 Å². The van der Waals surface area contributed by atoms with Gasteiger partial charge in [0.1, 0.15) is 17.1 Å². The lowest BCUT2D eigenvalue weighted by Gasteiger charge is -2.11. The highest BCUT2D eigenvalue weighted by Crippen LogP contribution is 2.34. The normalized spacial score (nSPS) is 11.2. The van der Waals surface area contributed by atoms with Gasteiger partial charge in [-0.2, -0.15) is 5.10 Å². The Morgan fingerprint density at radius 3 is 2.40 bits per heavy atom. The maximum absolute atomic E-state index is 13.8. The molecule has 0 bridgehead atoms. The van der Waals surface area contributed by atoms with Gasteiger partial charge in [0.25, 0.3) is 12.3 Å². The highest BCUT2D eigenvalue weighted by molar-refractivity contribution is 7.99. The Hall–Kier alpha value is -4.11. The summed E-state index contributed by atoms with van der Waals surface area (Å²) >= 11 is 1.48. The summed E-state index contributed by atoms with van der Waals surface area (Å²) in [4.78, 5) is 19.4. The zero-order valence-corrected chi connectivity index (χ0v) is 18.8. The molecule has 35 heavy (non-hydrogen) atoms. The standard InChI is InChI=1S/C26H17F3N4OS/c27-17-12-10-16(11-13-17)21-14-22(24(28)29)33-25(31-21)19(15-30-33)26(34)32-20-8-4-5-9-23(20)35-18-6-2-1-3-7-18/h1-15,24H,(H,32,34). The van der Waals surface area contributed by atoms with E-state index in [-0.39, 0.29) is 16.9 Å². The number of fused-ring (bicyclic) bond motifs is 1. The van der Waals surface area contributed by atoms with Gasteiger partial charge in [-0.05, 0) is 54.6 Å². The van der Waals surface area contributed by atoms with Crippen molar-refractivity contribution in [2.75, 3.05) is 5.32 Å². The Bertz CT molecular complexity index is 1500. The lowest BCUT2D eigenvalue weighted by atomic mass is 10.1. The second kappa shape index (κ2) is 9.63. The van der Waals surface area contributed by atoms with Crippen molar-refractivity contribution in [1.29, 1.82) is 0 Å². The largest absolute Gasteiger partial charge is 0.321 e. The Balaban J connectivity index is 1.52. The number of benzene rings is 3. The number of anilines is 1. The van der Waals surface area contributed by atoms with Crippen LogP contribution in [0.2, 0.25) is 0 Å². The highest BCUT2D eigenvalue weighted by atomic mass is 32.2. The molecule has 5 nitrogen and oxygen atoms in total. The molecule has 1 amide bonds. The maximum atomic E-state index is 13.8. The number of halogens is 3. The molecule has 3 aromatic carbocycles. The fraction of sp³-hybridized carbons (Fsp3) is 0.0385. The van der Waals surface area contributed by atoms with Gasteiger partial charge in [-0.3, -0.25) is 4.79 Å². The molecule has 0 saturated carbocycles. The summed E-state index contributed by atoms with van der Waals surface area (Å²) < 4.78 is 42.0. The summed E-state index contributed by atoms with van der Waals surface area (Å²) in [5, 5.41) is 6.84. The van der Waals surface area contributed by atoms with Crippen molar-refractivity contribution >= 4 is 29.0 Å². The van der Waals surface area contributed by atoms with Crippen LogP contribution in [0.1, 0.15) is 22.5 Å². The molecule has 2 aromatic heterocycles. The third kappa shape index (κ3) is 4.76. The van der Waals surface area contributed by atoms with E-state index in [0.29, 0.717) is 11.3 Å². The summed E-state index contributed by atoms with van der Waals surface area (Å²) in [6.07, 6.45) is -1.65. The number of amides is 1. The Morgan fingerprint density at radius 2 is 1.66 bits per heavy atom. The fourth-order valence-electron chi connectivity index (χ4n) is 3.53. The summed E-state index contributed by atoms with van der Waals surface area (Å²) in [7, 11) is 0. The summed E-state index contributed by atoms with van der Waals surface area (Å²) in [5.41, 5.74) is 0.779. The van der Waals surface area contributed by atoms with Crippen LogP contribution in [0.4, 0.5) is 18.9 Å². The number of aromatic nitrogens is 3. The number of hydrogen-bond acceptors (Lipinski definition) is 4. The number of para-hydroxylation sites is 1. The number of alkyl halides is 2. The van der Waals surface area contributed by atoms with E-state index in [1.807, 2.05) is 42.5 Å². The Kier molecular flexibility index (Phi) is 6.24. The molecular weight excluding hydrogens is 473 g/mol. The van der Waals surface area contributed by atoms with Crippen LogP contribution in [0, 0.1) is 5.82 Å². The molecule has 9 heteroatoms. The number of carbonyl (C=O) groups is 1. The van der Waals surface area contributed by atoms with E-state index in [0.717, 1.165) is 14.3 Å². The van der Waals surface area contributed by atoms with E-state index in [2.05, 4.69) is 15.4 Å². The van der Waals surface area contributed by atoms with E-state index < -0.39 is 23.8 Å². The summed E-state index contributed by atoms with van der Waals surface area (Å²) in [6.45, 7) is 0. The molecule has 5 aromatic rings. The van der Waals surface area contributed by atoms with Gasteiger partial charge >= 0.3 is 0 Å². The van der Waals surface area contributed by atoms with Crippen LogP contribution in [0.15, 0.2) is 101 Å². The molecule has 0 fully saturated rings. The fourth-order valence-corrected chi connectivity index (χ4v) is 4.46. The highest BCUT2D eigenvalue weighted by Gasteiger charge is 2.22. The quantitative estimate of drug-likeness (QED) is 0.282. The smallest absolute Gasteiger partial charge is 0.280 e. The third-order valence-electron chi connectivity index (χ3n) is 5.21. The van der Waals surface area contributed by atoms with Gasteiger partial charge < -0.3 is 5.32 Å². The van der Waals surface area contributed by atoms with Crippen LogP contribution in [0.25, 0.3) is 16.9 Å². The van der Waals surface area contributed by atoms with Gasteiger partial charge in [-0.1, -0.05) is 42.1 Å². The maximum Gasteiger partial charge on any atom is 0.280 e. The molecule has 0 aliphatic heterocycles. The predicted molar refractivity (Wildman–Crippen MR) is 128 cm³/mol. The van der Waals surface area contributed by atoms with Crippen molar-refractivity contribution in [3.63, 3.8) is 0 Å². The summed E-state index contributed by atoms with van der Waals surface area (Å²) in [5.74, 6) is -0.995. The molecule has 0 aliphatic rings. The van der Waals surface area contributed by atoms with E-state index in [1.165, 1.54) is 48.3 Å². The molecule has 0 spiro atoms. The minimum absolute atomic E-state index is 0.0205. The van der Waals surface area contributed by atoms with Gasteiger partial charge in [0.15, 0.2) is 5.65 Å². The molecule has 0 saturated heterocycles. The van der Waals surface area contributed by atoms with Gasteiger partial charge in [-0.15, -0.1) is 0 Å². The molecule has 5 rings (SSSR count). The third-order valence-corrected chi connectivity index (χ3v) is 6.30. The van der Waals surface area contributed by atoms with Crippen LogP contribution in [-0.4, -0.2) is 20.5 Å². The first-order valence-corrected chi connectivity index (χ1v) is 11.4. The number of rotatable bonds is 6. The van der Waals surface area contributed by atoms with E-state index >= 15 is 0 Å². The van der Waals surface area contributed by atoms with E-state index in [1.54, 1.807) is 12.1 Å². The molecule has 0 radical (unpaired) electrons. The van der Waals surface area contributed by atoms with Gasteiger partial charge in [0.2, 0.25) is 0 Å². The van der Waals surface area contributed by atoms with Crippen LogP contribution < -0.4 is 5.32 Å². The van der Waals surface area contributed by atoms with Crippen molar-refractivity contribution < 1.29 is 18.0 Å². The van der Waals surface area contributed by atoms with Crippen molar-refractivity contribution in [3.05, 3.63) is 108 Å². The van der Waals surface area contributed by atoms with Crippen LogP contribution in [0.3, 0.4) is 0 Å². The monoisotopic (exact) mass is 490 g/mol. The molecule has 2 heterocycles. The zero-order valence-electron chi connectivity index (χ0n) is 18.0. The van der Waals surface area contributed by atoms with Crippen molar-refractivity contribution in [1.82, 2.24) is 14.6 Å². The first-order chi connectivity index (χ1) is 17.0. The molecule has 0 aliphatic carbocycles. The van der Waals surface area contributed by atoms with E-state index in [9.17, 15) is 18.0 Å². The lowest BCUT2D eigenvalue weighted by molar-refractivity contribution is 0.102. The minimum Gasteiger partial charge on any atom is -0.321 e. The first kappa shape index (κ1) is 22.7. The van der Waals surface area contributed by atoms with Crippen LogP contribution in [0.5, 0.6) is 0 Å². The number of carbonyl (C=O) groups excluding carboxylic acids is 1. The molecule has 0 atom stereocenters. The Morgan fingerprint density at radius 1 is 0.943 bits per heavy atom. The number of nitrogens with zero attached hydrogens (tertiary/aromatic N) is 3. The molecule has 174 valence electrons. The zero-order chi connectivity index (χ0) is 24.4. The molecule has 1 N–H and O–H groups in total. The second-order valence-electron chi connectivity index (χ2n) is 7.53. The Labute approximate surface area is 202 Å². The molecular formula is C26H17F3N4OS. The first-order valence-electron chi connectivity index (χ1n) is 10.6. The van der Waals surface area contributed by atoms with Crippen molar-refractivity contribution in [2.45, 2.75) is 16.2 Å². The predicted octanol–water partition coefficient (Wildman–Crippen LogP) is 6.88. The topological polar surface area (TPSA) is 59.3 Å². The van der Waals surface area contributed by atoms with Crippen LogP contribution >= 0.6 is 11.8 Å². The van der Waals surface area contributed by atoms with Gasteiger partial charge in [0, 0.05) is 15.4 Å². The molecule has 0 unspecified atom stereocenters. The average Bonchev–Trinajstić information content (AvgIpc) is 3.30. The van der Waals surface area contributed by atoms with Gasteiger partial charge in [-0.25, -0.2) is 22.7 Å². The number of hydrogen-bond donors (Lipinski definition) is 1. The van der Waals surface area contributed by atoms with Gasteiger partial charge in [0.05, 0.1) is 17.6 Å². The number of nitrogens with one attached hydrogen (secondary N) is 1. The van der Waals surface area contributed by atoms with E-state index in [4.69, 9.17) is 0 Å². The summed E-state index contributed by atoms with van der Waals surface area (Å²) in [6, 6.07) is 23.5.